The molecule has 1 aliphatic carbocycles. The maximum atomic E-state index is 12.4. The molecule has 2 amide bonds. The molecule has 1 heterocycles. The van der Waals surface area contributed by atoms with Gasteiger partial charge in [0.15, 0.2) is 5.96 Å². The Balaban J connectivity index is 0.00000420. The molecule has 1 saturated carbocycles. The average molecular weight is 523 g/mol. The van der Waals surface area contributed by atoms with E-state index < -0.39 is 5.60 Å². The second-order valence-corrected chi connectivity index (χ2v) is 8.43. The summed E-state index contributed by atoms with van der Waals surface area (Å²) in [4.78, 5) is 32.4. The summed E-state index contributed by atoms with van der Waals surface area (Å²) in [5.41, 5.74) is -0.481. The van der Waals surface area contributed by atoms with Crippen molar-refractivity contribution in [3.05, 3.63) is 0 Å². The first-order valence-corrected chi connectivity index (χ1v) is 10.6. The van der Waals surface area contributed by atoms with Crippen LogP contribution >= 0.6 is 24.0 Å². The van der Waals surface area contributed by atoms with Gasteiger partial charge in [-0.2, -0.15) is 0 Å². The van der Waals surface area contributed by atoms with Crippen LogP contribution in [0.15, 0.2) is 4.99 Å². The van der Waals surface area contributed by atoms with Gasteiger partial charge in [-0.15, -0.1) is 24.0 Å². The van der Waals surface area contributed by atoms with Crippen molar-refractivity contribution < 1.29 is 14.3 Å². The minimum Gasteiger partial charge on any atom is -0.444 e. The summed E-state index contributed by atoms with van der Waals surface area (Å²) in [6.07, 6.45) is 4.36. The van der Waals surface area contributed by atoms with Crippen molar-refractivity contribution in [1.82, 2.24) is 20.4 Å². The van der Waals surface area contributed by atoms with Crippen molar-refractivity contribution in [2.24, 2.45) is 4.99 Å². The summed E-state index contributed by atoms with van der Waals surface area (Å²) in [6, 6.07) is 0.300. The first kappa shape index (κ1) is 25.8. The number of carbonyl (C=O) groups is 2. The summed E-state index contributed by atoms with van der Waals surface area (Å²) in [7, 11) is 0. The Kier molecular flexibility index (Phi) is 11.1. The highest BCUT2D eigenvalue weighted by Gasteiger charge is 2.34. The SMILES string of the molecule is CCNC(=NCCCN1CCCC1=O)NCCN(C(=O)OC(C)(C)C)C1CC1.I. The molecule has 9 heteroatoms. The van der Waals surface area contributed by atoms with Crippen molar-refractivity contribution in [1.29, 1.82) is 0 Å². The minimum absolute atomic E-state index is 0. The molecule has 0 aromatic rings. The van der Waals surface area contributed by atoms with E-state index in [-0.39, 0.29) is 36.0 Å². The Labute approximate surface area is 192 Å². The van der Waals surface area contributed by atoms with E-state index in [1.165, 1.54) is 0 Å². The van der Waals surface area contributed by atoms with E-state index in [0.717, 1.165) is 51.3 Å². The number of hydrogen-bond acceptors (Lipinski definition) is 4. The van der Waals surface area contributed by atoms with Gasteiger partial charge in [-0.25, -0.2) is 4.79 Å². The van der Waals surface area contributed by atoms with Gasteiger partial charge in [0.05, 0.1) is 0 Å². The van der Waals surface area contributed by atoms with E-state index in [0.29, 0.717) is 32.1 Å². The molecule has 8 nitrogen and oxygen atoms in total. The quantitative estimate of drug-likeness (QED) is 0.210. The summed E-state index contributed by atoms with van der Waals surface area (Å²) in [6.45, 7) is 12.0. The van der Waals surface area contributed by atoms with Gasteiger partial charge in [-0.3, -0.25) is 9.79 Å². The number of nitrogens with one attached hydrogen (secondary N) is 2. The molecule has 0 radical (unpaired) electrons. The molecule has 0 aromatic heterocycles. The first-order chi connectivity index (χ1) is 13.3. The fraction of sp³-hybridized carbons (Fsp3) is 0.850. The number of carbonyl (C=O) groups excluding carboxylic acids is 2. The summed E-state index contributed by atoms with van der Waals surface area (Å²) >= 11 is 0. The summed E-state index contributed by atoms with van der Waals surface area (Å²) in [5, 5.41) is 6.53. The topological polar surface area (TPSA) is 86.3 Å². The smallest absolute Gasteiger partial charge is 0.410 e. The number of halogens is 1. The zero-order chi connectivity index (χ0) is 20.6. The van der Waals surface area contributed by atoms with Gasteiger partial charge in [-0.1, -0.05) is 0 Å². The molecule has 0 aromatic carbocycles. The van der Waals surface area contributed by atoms with Gasteiger partial charge in [0.2, 0.25) is 5.91 Å². The van der Waals surface area contributed by atoms with Crippen LogP contribution in [0.3, 0.4) is 0 Å². The minimum atomic E-state index is -0.481. The van der Waals surface area contributed by atoms with Crippen LogP contribution in [0.1, 0.15) is 59.8 Å². The number of guanidine groups is 1. The number of hydrogen-bond donors (Lipinski definition) is 2. The van der Waals surface area contributed by atoms with Gasteiger partial charge in [0.1, 0.15) is 5.60 Å². The van der Waals surface area contributed by atoms with E-state index in [4.69, 9.17) is 4.74 Å². The lowest BCUT2D eigenvalue weighted by Crippen LogP contribution is -2.45. The molecule has 2 rings (SSSR count). The van der Waals surface area contributed by atoms with Crippen LogP contribution in [-0.4, -0.2) is 78.7 Å². The molecule has 2 N–H and O–H groups in total. The Morgan fingerprint density at radius 1 is 1.31 bits per heavy atom. The highest BCUT2D eigenvalue weighted by molar-refractivity contribution is 14.0. The predicted octanol–water partition coefficient (Wildman–Crippen LogP) is 2.57. The monoisotopic (exact) mass is 523 g/mol. The van der Waals surface area contributed by atoms with Crippen molar-refractivity contribution in [3.8, 4) is 0 Å². The van der Waals surface area contributed by atoms with Crippen LogP contribution in [0.4, 0.5) is 4.79 Å². The summed E-state index contributed by atoms with van der Waals surface area (Å²) in [5.74, 6) is 1.01. The van der Waals surface area contributed by atoms with Crippen molar-refractivity contribution >= 4 is 41.9 Å². The normalized spacial score (nSPS) is 17.0. The maximum absolute atomic E-state index is 12.4. The zero-order valence-electron chi connectivity index (χ0n) is 18.3. The van der Waals surface area contributed by atoms with Crippen molar-refractivity contribution in [2.75, 3.05) is 39.3 Å². The standard InChI is InChI=1S/C20H37N5O3.HI/c1-5-21-18(22-11-7-14-24-13-6-8-17(24)26)23-12-15-25(16-9-10-16)19(27)28-20(2,3)4;/h16H,5-15H2,1-4H3,(H2,21,22,23);1H. The summed E-state index contributed by atoms with van der Waals surface area (Å²) < 4.78 is 5.52. The highest BCUT2D eigenvalue weighted by Crippen LogP contribution is 2.28. The molecule has 2 fully saturated rings. The average Bonchev–Trinajstić information content (AvgIpc) is 3.36. The van der Waals surface area contributed by atoms with E-state index >= 15 is 0 Å². The second-order valence-electron chi connectivity index (χ2n) is 8.43. The van der Waals surface area contributed by atoms with Crippen LogP contribution < -0.4 is 10.6 Å². The van der Waals surface area contributed by atoms with Crippen LogP contribution in [0.25, 0.3) is 0 Å². The number of likely N-dealkylation sites (tertiary alicyclic amines) is 1. The van der Waals surface area contributed by atoms with Gasteiger partial charge in [0.25, 0.3) is 0 Å². The number of aliphatic imine (C=N–C) groups is 1. The molecule has 168 valence electrons. The van der Waals surface area contributed by atoms with Crippen LogP contribution in [0.2, 0.25) is 0 Å². The predicted molar refractivity (Wildman–Crippen MR) is 126 cm³/mol. The van der Waals surface area contributed by atoms with Crippen LogP contribution in [0, 0.1) is 0 Å². The number of rotatable bonds is 9. The van der Waals surface area contributed by atoms with E-state index in [2.05, 4.69) is 15.6 Å². The van der Waals surface area contributed by atoms with E-state index in [9.17, 15) is 9.59 Å². The highest BCUT2D eigenvalue weighted by atomic mass is 127. The van der Waals surface area contributed by atoms with Gasteiger partial charge < -0.3 is 25.2 Å². The lowest BCUT2D eigenvalue weighted by molar-refractivity contribution is -0.127. The molecular formula is C20H38IN5O3. The zero-order valence-corrected chi connectivity index (χ0v) is 20.7. The number of nitrogens with zero attached hydrogens (tertiary/aromatic N) is 3. The van der Waals surface area contributed by atoms with Crippen molar-refractivity contribution in [2.45, 2.75) is 71.4 Å². The third-order valence-electron chi connectivity index (χ3n) is 4.63. The Morgan fingerprint density at radius 2 is 2.03 bits per heavy atom. The largest absolute Gasteiger partial charge is 0.444 e. The first-order valence-electron chi connectivity index (χ1n) is 10.6. The lowest BCUT2D eigenvalue weighted by atomic mass is 10.2. The van der Waals surface area contributed by atoms with E-state index in [1.807, 2.05) is 37.5 Å². The van der Waals surface area contributed by atoms with Crippen LogP contribution in [0.5, 0.6) is 0 Å². The van der Waals surface area contributed by atoms with Gasteiger partial charge in [0, 0.05) is 51.7 Å². The Hall–Kier alpha value is -1.26. The number of amides is 2. The molecule has 0 bridgehead atoms. The molecular weight excluding hydrogens is 485 g/mol. The fourth-order valence-corrected chi connectivity index (χ4v) is 3.16. The molecule has 1 saturated heterocycles. The molecule has 2 aliphatic rings. The Bertz CT molecular complexity index is 561. The van der Waals surface area contributed by atoms with Gasteiger partial charge in [-0.05, 0) is 53.4 Å². The molecule has 0 spiro atoms. The maximum Gasteiger partial charge on any atom is 0.410 e. The molecule has 29 heavy (non-hydrogen) atoms. The fourth-order valence-electron chi connectivity index (χ4n) is 3.16. The Morgan fingerprint density at radius 3 is 2.59 bits per heavy atom. The van der Waals surface area contributed by atoms with Crippen LogP contribution in [-0.2, 0) is 9.53 Å². The van der Waals surface area contributed by atoms with Crippen molar-refractivity contribution in [3.63, 3.8) is 0 Å². The second kappa shape index (κ2) is 12.4. The molecule has 0 atom stereocenters. The third kappa shape index (κ3) is 9.86. The lowest BCUT2D eigenvalue weighted by Gasteiger charge is -2.27. The number of ether oxygens (including phenoxy) is 1. The third-order valence-corrected chi connectivity index (χ3v) is 4.63. The van der Waals surface area contributed by atoms with E-state index in [1.54, 1.807) is 0 Å². The molecule has 0 unspecified atom stereocenters. The van der Waals surface area contributed by atoms with Gasteiger partial charge >= 0.3 is 6.09 Å². The molecule has 1 aliphatic heterocycles.